The first-order valence-electron chi connectivity index (χ1n) is 8.31. The van der Waals surface area contributed by atoms with Crippen LogP contribution in [0.15, 0.2) is 18.2 Å². The molecule has 0 spiro atoms. The van der Waals surface area contributed by atoms with E-state index in [-0.39, 0.29) is 0 Å². The van der Waals surface area contributed by atoms with E-state index in [1.165, 1.54) is 5.56 Å². The highest BCUT2D eigenvalue weighted by atomic mass is 15.5. The predicted octanol–water partition coefficient (Wildman–Crippen LogP) is 2.69. The minimum absolute atomic E-state index is 0.603. The van der Waals surface area contributed by atoms with Crippen molar-refractivity contribution in [1.82, 2.24) is 20.6 Å². The predicted molar refractivity (Wildman–Crippen MR) is 94.3 cm³/mol. The second kappa shape index (κ2) is 7.94. The summed E-state index contributed by atoms with van der Waals surface area (Å²) in [7, 11) is 0. The number of aryl methyl sites for hydroxylation is 2. The molecule has 3 N–H and O–H groups in total. The summed E-state index contributed by atoms with van der Waals surface area (Å²) in [6, 6.07) is 6.37. The van der Waals surface area contributed by atoms with Crippen molar-refractivity contribution in [1.29, 1.82) is 0 Å². The van der Waals surface area contributed by atoms with Crippen LogP contribution in [0.5, 0.6) is 0 Å². The number of nitrogens with one attached hydrogen (secondary N) is 1. The molecule has 2 rings (SSSR count). The fourth-order valence-corrected chi connectivity index (χ4v) is 2.74. The summed E-state index contributed by atoms with van der Waals surface area (Å²) in [5.74, 6) is 1.94. The Morgan fingerprint density at radius 1 is 1.09 bits per heavy atom. The Morgan fingerprint density at radius 3 is 2.30 bits per heavy atom. The lowest BCUT2D eigenvalue weighted by atomic mass is 10.1. The van der Waals surface area contributed by atoms with Gasteiger partial charge in [-0.2, -0.15) is 5.21 Å². The van der Waals surface area contributed by atoms with Crippen LogP contribution in [-0.2, 0) is 12.8 Å². The second-order valence-electron chi connectivity index (χ2n) is 6.91. The zero-order chi connectivity index (χ0) is 16.8. The van der Waals surface area contributed by atoms with Gasteiger partial charge in [-0.15, -0.1) is 10.2 Å². The topological polar surface area (TPSA) is 83.7 Å². The van der Waals surface area contributed by atoms with Gasteiger partial charge in [0.2, 0.25) is 0 Å². The Hall–Kier alpha value is -2.11. The maximum Gasteiger partial charge on any atom is 0.174 e. The van der Waals surface area contributed by atoms with Crippen molar-refractivity contribution < 1.29 is 0 Å². The summed E-state index contributed by atoms with van der Waals surface area (Å²) >= 11 is 0. The number of nitrogen functional groups attached to an aromatic ring is 1. The monoisotopic (exact) mass is 316 g/mol. The van der Waals surface area contributed by atoms with Crippen LogP contribution in [0.2, 0.25) is 0 Å². The van der Waals surface area contributed by atoms with Crippen LogP contribution in [0.1, 0.15) is 39.1 Å². The number of benzene rings is 1. The fraction of sp³-hybridized carbons (Fsp3) is 0.588. The van der Waals surface area contributed by atoms with Crippen molar-refractivity contribution in [2.45, 2.75) is 40.5 Å². The van der Waals surface area contributed by atoms with Crippen LogP contribution in [0.25, 0.3) is 0 Å². The van der Waals surface area contributed by atoms with Crippen LogP contribution in [-0.4, -0.2) is 33.7 Å². The average Bonchev–Trinajstić information content (AvgIpc) is 2.96. The number of tetrazole rings is 1. The molecule has 0 bridgehead atoms. The number of H-pyrrole nitrogens is 1. The number of nitrogens with two attached hydrogens (primary N) is 1. The van der Waals surface area contributed by atoms with Crippen LogP contribution >= 0.6 is 0 Å². The standard InChI is InChI=1S/C17H28N6/c1-12(2)10-23(11-13(3)4)16-7-5-14(9-15(16)18)6-8-17-19-21-22-20-17/h5,7,9,12-13H,6,8,10-11,18H2,1-4H3,(H,19,20,21,22). The number of hydrogen-bond acceptors (Lipinski definition) is 5. The molecule has 6 heteroatoms. The molecular weight excluding hydrogens is 288 g/mol. The van der Waals surface area contributed by atoms with Gasteiger partial charge in [0, 0.05) is 19.5 Å². The van der Waals surface area contributed by atoms with E-state index in [2.05, 4.69) is 71.4 Å². The zero-order valence-electron chi connectivity index (χ0n) is 14.6. The van der Waals surface area contributed by atoms with E-state index in [4.69, 9.17) is 5.73 Å². The van der Waals surface area contributed by atoms with Crippen molar-refractivity contribution in [3.05, 3.63) is 29.6 Å². The quantitative estimate of drug-likeness (QED) is 0.732. The summed E-state index contributed by atoms with van der Waals surface area (Å²) in [6.45, 7) is 11.0. The van der Waals surface area contributed by atoms with Gasteiger partial charge in [-0.05, 0) is 36.0 Å². The van der Waals surface area contributed by atoms with E-state index in [0.29, 0.717) is 11.8 Å². The molecule has 0 aliphatic carbocycles. The highest BCUT2D eigenvalue weighted by Crippen LogP contribution is 2.26. The molecule has 0 unspecified atom stereocenters. The molecule has 0 saturated carbocycles. The molecule has 0 saturated heterocycles. The molecule has 0 radical (unpaired) electrons. The third-order valence-electron chi connectivity index (χ3n) is 3.63. The maximum absolute atomic E-state index is 6.33. The van der Waals surface area contributed by atoms with E-state index in [0.717, 1.165) is 43.1 Å². The molecule has 2 aromatic rings. The number of aromatic nitrogens is 4. The van der Waals surface area contributed by atoms with Crippen molar-refractivity contribution in [2.75, 3.05) is 23.7 Å². The summed E-state index contributed by atoms with van der Waals surface area (Å²) in [5, 5.41) is 14.0. The third-order valence-corrected chi connectivity index (χ3v) is 3.63. The molecular formula is C17H28N6. The van der Waals surface area contributed by atoms with E-state index in [1.807, 2.05) is 0 Å². The highest BCUT2D eigenvalue weighted by Gasteiger charge is 2.13. The van der Waals surface area contributed by atoms with Crippen LogP contribution in [0.4, 0.5) is 11.4 Å². The van der Waals surface area contributed by atoms with Gasteiger partial charge < -0.3 is 10.6 Å². The Balaban J connectivity index is 2.09. The first-order valence-corrected chi connectivity index (χ1v) is 8.31. The van der Waals surface area contributed by atoms with Crippen LogP contribution < -0.4 is 10.6 Å². The molecule has 1 aromatic carbocycles. The van der Waals surface area contributed by atoms with Crippen molar-refractivity contribution in [2.24, 2.45) is 11.8 Å². The number of hydrogen-bond donors (Lipinski definition) is 2. The molecule has 6 nitrogen and oxygen atoms in total. The maximum atomic E-state index is 6.33. The SMILES string of the molecule is CC(C)CN(CC(C)C)c1ccc(CCc2nn[nH]n2)cc1N. The van der Waals surface area contributed by atoms with E-state index in [9.17, 15) is 0 Å². The summed E-state index contributed by atoms with van der Waals surface area (Å²) < 4.78 is 0. The molecule has 1 aromatic heterocycles. The van der Waals surface area contributed by atoms with E-state index < -0.39 is 0 Å². The van der Waals surface area contributed by atoms with Gasteiger partial charge in [-0.25, -0.2) is 0 Å². The van der Waals surface area contributed by atoms with Gasteiger partial charge in [-0.3, -0.25) is 0 Å². The Kier molecular flexibility index (Phi) is 5.96. The molecule has 0 fully saturated rings. The lowest BCUT2D eigenvalue weighted by Crippen LogP contribution is -2.31. The fourth-order valence-electron chi connectivity index (χ4n) is 2.74. The van der Waals surface area contributed by atoms with E-state index >= 15 is 0 Å². The Labute approximate surface area is 138 Å². The smallest absolute Gasteiger partial charge is 0.174 e. The second-order valence-corrected chi connectivity index (χ2v) is 6.91. The molecule has 0 atom stereocenters. The minimum Gasteiger partial charge on any atom is -0.397 e. The first kappa shape index (κ1) is 17.2. The molecule has 126 valence electrons. The van der Waals surface area contributed by atoms with E-state index in [1.54, 1.807) is 0 Å². The van der Waals surface area contributed by atoms with Gasteiger partial charge in [0.05, 0.1) is 11.4 Å². The van der Waals surface area contributed by atoms with Gasteiger partial charge in [0.15, 0.2) is 5.82 Å². The normalized spacial score (nSPS) is 11.4. The summed E-state index contributed by atoms with van der Waals surface area (Å²) in [6.07, 6.45) is 1.62. The Bertz CT molecular complexity index is 581. The molecule has 1 heterocycles. The molecule has 0 aliphatic rings. The van der Waals surface area contributed by atoms with Crippen molar-refractivity contribution in [3.63, 3.8) is 0 Å². The lowest BCUT2D eigenvalue weighted by Gasteiger charge is -2.29. The lowest BCUT2D eigenvalue weighted by molar-refractivity contribution is 0.553. The summed E-state index contributed by atoms with van der Waals surface area (Å²) in [4.78, 5) is 2.40. The molecule has 0 aliphatic heterocycles. The van der Waals surface area contributed by atoms with Crippen LogP contribution in [0.3, 0.4) is 0 Å². The first-order chi connectivity index (χ1) is 11.0. The largest absolute Gasteiger partial charge is 0.397 e. The van der Waals surface area contributed by atoms with Gasteiger partial charge in [0.1, 0.15) is 0 Å². The number of nitrogens with zero attached hydrogens (tertiary/aromatic N) is 4. The average molecular weight is 316 g/mol. The molecule has 0 amide bonds. The summed E-state index contributed by atoms with van der Waals surface area (Å²) in [5.41, 5.74) is 9.51. The highest BCUT2D eigenvalue weighted by molar-refractivity contribution is 5.68. The minimum atomic E-state index is 0.603. The number of aromatic amines is 1. The number of anilines is 2. The van der Waals surface area contributed by atoms with Crippen LogP contribution in [0, 0.1) is 11.8 Å². The van der Waals surface area contributed by atoms with Gasteiger partial charge in [0.25, 0.3) is 0 Å². The third kappa shape index (κ3) is 5.23. The van der Waals surface area contributed by atoms with Gasteiger partial charge >= 0.3 is 0 Å². The molecule has 23 heavy (non-hydrogen) atoms. The number of rotatable bonds is 8. The van der Waals surface area contributed by atoms with Crippen molar-refractivity contribution >= 4 is 11.4 Å². The Morgan fingerprint density at radius 2 is 1.78 bits per heavy atom. The van der Waals surface area contributed by atoms with Crippen molar-refractivity contribution in [3.8, 4) is 0 Å². The van der Waals surface area contributed by atoms with Gasteiger partial charge in [-0.1, -0.05) is 39.0 Å². The zero-order valence-corrected chi connectivity index (χ0v) is 14.6.